The molecule has 0 unspecified atom stereocenters. The smallest absolute Gasteiger partial charge is 0.175 e. The monoisotopic (exact) mass is 299 g/mol. The number of aromatic nitrogens is 1. The molecule has 0 saturated heterocycles. The number of hydrogen-bond acceptors (Lipinski definition) is 4. The Bertz CT molecular complexity index is 637. The maximum Gasteiger partial charge on any atom is 0.175 e. The van der Waals surface area contributed by atoms with Gasteiger partial charge in [0.1, 0.15) is 5.03 Å². The molecule has 94 valence electrons. The predicted octanol–water partition coefficient (Wildman–Crippen LogP) is 3.29. The van der Waals surface area contributed by atoms with Gasteiger partial charge in [0.05, 0.1) is 9.92 Å². The summed E-state index contributed by atoms with van der Waals surface area (Å²) in [5.74, 6) is 0. The minimum Gasteiger partial charge on any atom is -0.248 e. The zero-order valence-electron chi connectivity index (χ0n) is 9.50. The van der Waals surface area contributed by atoms with Crippen LogP contribution in [0.4, 0.5) is 0 Å². The Labute approximate surface area is 115 Å². The molecular formula is C12H10ClNO2S2. The Morgan fingerprint density at radius 1 is 1.11 bits per heavy atom. The molecule has 0 aliphatic heterocycles. The SMILES string of the molecule is CS(=O)(=O)c1ccc(Sc2ccc(Cl)cn2)cc1. The Balaban J connectivity index is 2.18. The van der Waals surface area contributed by atoms with Gasteiger partial charge >= 0.3 is 0 Å². The van der Waals surface area contributed by atoms with Crippen molar-refractivity contribution >= 4 is 33.2 Å². The molecular weight excluding hydrogens is 290 g/mol. The van der Waals surface area contributed by atoms with E-state index < -0.39 is 9.84 Å². The molecule has 0 N–H and O–H groups in total. The van der Waals surface area contributed by atoms with E-state index in [1.807, 2.05) is 6.07 Å². The Kier molecular flexibility index (Phi) is 3.94. The van der Waals surface area contributed by atoms with Crippen LogP contribution in [-0.2, 0) is 9.84 Å². The lowest BCUT2D eigenvalue weighted by atomic mass is 10.4. The van der Waals surface area contributed by atoms with Crippen LogP contribution in [0.25, 0.3) is 0 Å². The van der Waals surface area contributed by atoms with Gasteiger partial charge in [-0.25, -0.2) is 13.4 Å². The Morgan fingerprint density at radius 2 is 1.78 bits per heavy atom. The van der Waals surface area contributed by atoms with Gasteiger partial charge in [0, 0.05) is 17.3 Å². The summed E-state index contributed by atoms with van der Waals surface area (Å²) in [6.45, 7) is 0. The zero-order valence-corrected chi connectivity index (χ0v) is 11.9. The molecule has 1 aromatic heterocycles. The average molecular weight is 300 g/mol. The highest BCUT2D eigenvalue weighted by molar-refractivity contribution is 7.99. The molecule has 18 heavy (non-hydrogen) atoms. The molecule has 6 heteroatoms. The van der Waals surface area contributed by atoms with E-state index >= 15 is 0 Å². The van der Waals surface area contributed by atoms with Crippen LogP contribution >= 0.6 is 23.4 Å². The van der Waals surface area contributed by atoms with Crippen molar-refractivity contribution in [2.75, 3.05) is 6.26 Å². The number of hydrogen-bond donors (Lipinski definition) is 0. The number of nitrogens with zero attached hydrogens (tertiary/aromatic N) is 1. The van der Waals surface area contributed by atoms with Crippen LogP contribution in [0.3, 0.4) is 0 Å². The summed E-state index contributed by atoms with van der Waals surface area (Å²) in [6, 6.07) is 10.3. The molecule has 0 aliphatic rings. The lowest BCUT2D eigenvalue weighted by molar-refractivity contribution is 0.602. The van der Waals surface area contributed by atoms with Gasteiger partial charge in [-0.2, -0.15) is 0 Å². The maximum absolute atomic E-state index is 11.3. The van der Waals surface area contributed by atoms with Crippen molar-refractivity contribution in [3.8, 4) is 0 Å². The van der Waals surface area contributed by atoms with Crippen molar-refractivity contribution in [2.45, 2.75) is 14.8 Å². The van der Waals surface area contributed by atoms with Gasteiger partial charge in [-0.1, -0.05) is 23.4 Å². The molecule has 2 rings (SSSR count). The molecule has 0 atom stereocenters. The molecule has 0 fully saturated rings. The lowest BCUT2D eigenvalue weighted by Crippen LogP contribution is -1.95. The quantitative estimate of drug-likeness (QED) is 0.872. The molecule has 0 bridgehead atoms. The first-order valence-electron chi connectivity index (χ1n) is 5.05. The van der Waals surface area contributed by atoms with Gasteiger partial charge < -0.3 is 0 Å². The second-order valence-electron chi connectivity index (χ2n) is 3.66. The highest BCUT2D eigenvalue weighted by atomic mass is 35.5. The fraction of sp³-hybridized carbons (Fsp3) is 0.0833. The number of rotatable bonds is 3. The van der Waals surface area contributed by atoms with E-state index in [0.29, 0.717) is 9.92 Å². The fourth-order valence-corrected chi connectivity index (χ4v) is 2.80. The van der Waals surface area contributed by atoms with Crippen LogP contribution in [0.15, 0.2) is 57.4 Å². The van der Waals surface area contributed by atoms with E-state index in [4.69, 9.17) is 11.6 Å². The second kappa shape index (κ2) is 5.30. The first-order valence-corrected chi connectivity index (χ1v) is 8.13. The van der Waals surface area contributed by atoms with E-state index in [2.05, 4.69) is 4.98 Å². The largest absolute Gasteiger partial charge is 0.248 e. The molecule has 0 spiro atoms. The molecule has 0 aliphatic carbocycles. The first kappa shape index (κ1) is 13.4. The van der Waals surface area contributed by atoms with Gasteiger partial charge in [0.2, 0.25) is 0 Å². The number of sulfone groups is 1. The van der Waals surface area contributed by atoms with E-state index in [0.717, 1.165) is 9.92 Å². The van der Waals surface area contributed by atoms with Crippen molar-refractivity contribution in [1.82, 2.24) is 4.98 Å². The Morgan fingerprint density at radius 3 is 2.28 bits per heavy atom. The van der Waals surface area contributed by atoms with Gasteiger partial charge in [0.25, 0.3) is 0 Å². The third-order valence-electron chi connectivity index (χ3n) is 2.17. The summed E-state index contributed by atoms with van der Waals surface area (Å²) in [5, 5.41) is 1.40. The lowest BCUT2D eigenvalue weighted by Gasteiger charge is -2.02. The van der Waals surface area contributed by atoms with Crippen LogP contribution in [0, 0.1) is 0 Å². The minimum absolute atomic E-state index is 0.316. The summed E-state index contributed by atoms with van der Waals surface area (Å²) in [4.78, 5) is 5.40. The van der Waals surface area contributed by atoms with Gasteiger partial charge in [0.15, 0.2) is 9.84 Å². The van der Waals surface area contributed by atoms with E-state index in [-0.39, 0.29) is 0 Å². The average Bonchev–Trinajstić information content (AvgIpc) is 2.32. The Hall–Kier alpha value is -1.04. The van der Waals surface area contributed by atoms with Crippen molar-refractivity contribution in [1.29, 1.82) is 0 Å². The summed E-state index contributed by atoms with van der Waals surface area (Å²) in [5.41, 5.74) is 0. The van der Waals surface area contributed by atoms with Crippen molar-refractivity contribution in [3.05, 3.63) is 47.6 Å². The highest BCUT2D eigenvalue weighted by Gasteiger charge is 2.06. The first-order chi connectivity index (χ1) is 8.45. The van der Waals surface area contributed by atoms with Crippen molar-refractivity contribution in [3.63, 3.8) is 0 Å². The van der Waals surface area contributed by atoms with E-state index in [1.54, 1.807) is 36.5 Å². The number of benzene rings is 1. The van der Waals surface area contributed by atoms with Crippen LogP contribution < -0.4 is 0 Å². The summed E-state index contributed by atoms with van der Waals surface area (Å²) >= 11 is 7.20. The fourth-order valence-electron chi connectivity index (χ4n) is 1.30. The van der Waals surface area contributed by atoms with Crippen molar-refractivity contribution in [2.24, 2.45) is 0 Å². The van der Waals surface area contributed by atoms with E-state index in [1.165, 1.54) is 18.0 Å². The third kappa shape index (κ3) is 3.48. The van der Waals surface area contributed by atoms with Crippen LogP contribution in [0.5, 0.6) is 0 Å². The topological polar surface area (TPSA) is 47.0 Å². The normalized spacial score (nSPS) is 11.4. The minimum atomic E-state index is -3.14. The highest BCUT2D eigenvalue weighted by Crippen LogP contribution is 2.27. The number of pyridine rings is 1. The van der Waals surface area contributed by atoms with Gasteiger partial charge in [-0.05, 0) is 36.4 Å². The van der Waals surface area contributed by atoms with Crippen LogP contribution in [0.1, 0.15) is 0 Å². The predicted molar refractivity (Wildman–Crippen MR) is 72.9 cm³/mol. The molecule has 0 amide bonds. The maximum atomic E-state index is 11.3. The van der Waals surface area contributed by atoms with E-state index in [9.17, 15) is 8.42 Å². The standard InChI is InChI=1S/C12H10ClNO2S2/c1-18(15,16)11-5-3-10(4-6-11)17-12-7-2-9(13)8-14-12/h2-8H,1H3. The summed E-state index contributed by atoms with van der Waals surface area (Å²) < 4.78 is 22.6. The molecule has 0 radical (unpaired) electrons. The van der Waals surface area contributed by atoms with Gasteiger partial charge in [-0.15, -0.1) is 0 Å². The van der Waals surface area contributed by atoms with Crippen LogP contribution in [-0.4, -0.2) is 19.7 Å². The third-order valence-corrected chi connectivity index (χ3v) is 4.49. The molecule has 3 nitrogen and oxygen atoms in total. The molecule has 2 aromatic rings. The summed E-state index contributed by atoms with van der Waals surface area (Å²) in [7, 11) is -3.14. The summed E-state index contributed by atoms with van der Waals surface area (Å²) in [6.07, 6.45) is 2.77. The number of halogens is 1. The molecule has 1 heterocycles. The molecule has 1 aromatic carbocycles. The molecule has 0 saturated carbocycles. The van der Waals surface area contributed by atoms with Crippen LogP contribution in [0.2, 0.25) is 5.02 Å². The van der Waals surface area contributed by atoms with Crippen molar-refractivity contribution < 1.29 is 8.42 Å². The zero-order chi connectivity index (χ0) is 13.2. The van der Waals surface area contributed by atoms with Gasteiger partial charge in [-0.3, -0.25) is 0 Å². The second-order valence-corrected chi connectivity index (χ2v) is 7.21.